The average molecular weight is 242 g/mol. The predicted octanol–water partition coefficient (Wildman–Crippen LogP) is 2.79. The average Bonchev–Trinajstić information content (AvgIpc) is 2.82. The Kier molecular flexibility index (Phi) is 2.92. The zero-order chi connectivity index (χ0) is 12.5. The maximum Gasteiger partial charge on any atom is 0.150 e. The summed E-state index contributed by atoms with van der Waals surface area (Å²) in [4.78, 5) is 16.6. The van der Waals surface area contributed by atoms with Crippen LogP contribution in [0.15, 0.2) is 24.4 Å². The number of rotatable bonds is 2. The Morgan fingerprint density at radius 3 is 2.83 bits per heavy atom. The highest BCUT2D eigenvalue weighted by atomic mass is 16.1. The zero-order valence-corrected chi connectivity index (χ0v) is 10.6. The summed E-state index contributed by atoms with van der Waals surface area (Å²) in [6, 6.07) is 5.87. The highest BCUT2D eigenvalue weighted by Crippen LogP contribution is 2.33. The molecule has 1 fully saturated rings. The Labute approximate surface area is 107 Å². The number of aldehydes is 1. The molecule has 3 rings (SSSR count). The molecule has 3 heteroatoms. The molecular weight excluding hydrogens is 224 g/mol. The van der Waals surface area contributed by atoms with Gasteiger partial charge in [-0.1, -0.05) is 0 Å². The third-order valence-corrected chi connectivity index (χ3v) is 4.03. The summed E-state index contributed by atoms with van der Waals surface area (Å²) in [6.07, 6.45) is 5.45. The molecule has 2 heterocycles. The number of fused-ring (bicyclic) bond motifs is 1. The van der Waals surface area contributed by atoms with Crippen LogP contribution in [0.2, 0.25) is 0 Å². The van der Waals surface area contributed by atoms with Crippen LogP contribution in [0.3, 0.4) is 0 Å². The third kappa shape index (κ3) is 1.95. The van der Waals surface area contributed by atoms with E-state index >= 15 is 0 Å². The van der Waals surface area contributed by atoms with Crippen molar-refractivity contribution in [3.63, 3.8) is 0 Å². The van der Waals surface area contributed by atoms with Crippen molar-refractivity contribution >= 4 is 17.2 Å². The maximum absolute atomic E-state index is 10.9. The molecule has 1 aliphatic rings. The molecule has 1 N–H and O–H groups in total. The van der Waals surface area contributed by atoms with E-state index in [2.05, 4.69) is 23.1 Å². The molecule has 1 saturated heterocycles. The maximum atomic E-state index is 10.9. The van der Waals surface area contributed by atoms with Crippen LogP contribution >= 0.6 is 0 Å². The van der Waals surface area contributed by atoms with Gasteiger partial charge in [-0.15, -0.1) is 0 Å². The van der Waals surface area contributed by atoms with Gasteiger partial charge in [0.1, 0.15) is 6.29 Å². The summed E-state index contributed by atoms with van der Waals surface area (Å²) in [5.74, 6) is 0.622. The molecule has 1 aliphatic heterocycles. The number of carbonyl (C=O) groups is 1. The highest BCUT2D eigenvalue weighted by molar-refractivity contribution is 5.89. The van der Waals surface area contributed by atoms with Gasteiger partial charge in [0.25, 0.3) is 0 Å². The Hall–Kier alpha value is -1.61. The van der Waals surface area contributed by atoms with Crippen LogP contribution in [0.25, 0.3) is 10.9 Å². The number of hydrogen-bond acceptors (Lipinski definition) is 2. The van der Waals surface area contributed by atoms with Gasteiger partial charge >= 0.3 is 0 Å². The van der Waals surface area contributed by atoms with Crippen molar-refractivity contribution in [1.82, 2.24) is 9.88 Å². The van der Waals surface area contributed by atoms with E-state index in [0.717, 1.165) is 30.5 Å². The van der Waals surface area contributed by atoms with Gasteiger partial charge < -0.3 is 9.88 Å². The molecule has 0 bridgehead atoms. The van der Waals surface area contributed by atoms with Crippen LogP contribution in [0.5, 0.6) is 0 Å². The lowest BCUT2D eigenvalue weighted by molar-refractivity contribution is 0.112. The lowest BCUT2D eigenvalue weighted by Gasteiger charge is -2.28. The first-order valence-corrected chi connectivity index (χ1v) is 6.52. The van der Waals surface area contributed by atoms with E-state index in [-0.39, 0.29) is 0 Å². The molecule has 0 aliphatic carbocycles. The van der Waals surface area contributed by atoms with Crippen LogP contribution < -0.4 is 0 Å². The molecule has 1 aromatic heterocycles. The van der Waals surface area contributed by atoms with E-state index in [4.69, 9.17) is 0 Å². The predicted molar refractivity (Wildman–Crippen MR) is 73.2 cm³/mol. The Balaban J connectivity index is 1.98. The number of piperidine rings is 1. The van der Waals surface area contributed by atoms with Crippen LogP contribution in [-0.2, 0) is 0 Å². The van der Waals surface area contributed by atoms with Gasteiger partial charge in [0.2, 0.25) is 0 Å². The first kappa shape index (κ1) is 11.5. The second-order valence-electron chi connectivity index (χ2n) is 5.24. The molecule has 0 amide bonds. The summed E-state index contributed by atoms with van der Waals surface area (Å²) in [6.45, 7) is 2.31. The molecular formula is C15H18N2O. The minimum Gasteiger partial charge on any atom is -0.361 e. The van der Waals surface area contributed by atoms with Gasteiger partial charge in [-0.25, -0.2) is 0 Å². The van der Waals surface area contributed by atoms with E-state index in [0.29, 0.717) is 5.92 Å². The number of likely N-dealkylation sites (tertiary alicyclic amines) is 1. The minimum absolute atomic E-state index is 0.622. The largest absolute Gasteiger partial charge is 0.361 e. The normalized spacial score (nSPS) is 18.3. The SMILES string of the molecule is CN1CCC(c2c[nH]c3ccc(C=O)cc23)CC1. The summed E-state index contributed by atoms with van der Waals surface area (Å²) in [5, 5.41) is 1.22. The van der Waals surface area contributed by atoms with Gasteiger partial charge in [-0.05, 0) is 62.7 Å². The smallest absolute Gasteiger partial charge is 0.150 e. The summed E-state index contributed by atoms with van der Waals surface area (Å²) < 4.78 is 0. The second kappa shape index (κ2) is 4.58. The van der Waals surface area contributed by atoms with Crippen molar-refractivity contribution in [2.45, 2.75) is 18.8 Å². The van der Waals surface area contributed by atoms with E-state index in [1.807, 2.05) is 18.2 Å². The fourth-order valence-corrected chi connectivity index (χ4v) is 2.89. The number of nitrogens with zero attached hydrogens (tertiary/aromatic N) is 1. The lowest BCUT2D eigenvalue weighted by atomic mass is 9.89. The van der Waals surface area contributed by atoms with Crippen LogP contribution in [0, 0.1) is 0 Å². The Morgan fingerprint density at radius 2 is 2.11 bits per heavy atom. The van der Waals surface area contributed by atoms with Crippen LogP contribution in [0.1, 0.15) is 34.7 Å². The topological polar surface area (TPSA) is 36.1 Å². The molecule has 94 valence electrons. The Morgan fingerprint density at radius 1 is 1.33 bits per heavy atom. The number of nitrogens with one attached hydrogen (secondary N) is 1. The Bertz CT molecular complexity index is 565. The first-order chi connectivity index (χ1) is 8.78. The molecule has 18 heavy (non-hydrogen) atoms. The minimum atomic E-state index is 0.622. The van der Waals surface area contributed by atoms with E-state index in [1.54, 1.807) is 0 Å². The molecule has 1 aromatic carbocycles. The van der Waals surface area contributed by atoms with Gasteiger partial charge in [-0.2, -0.15) is 0 Å². The molecule has 0 radical (unpaired) electrons. The summed E-state index contributed by atoms with van der Waals surface area (Å²) in [7, 11) is 2.18. The van der Waals surface area contributed by atoms with Crippen LogP contribution in [-0.4, -0.2) is 36.3 Å². The number of aromatic amines is 1. The number of hydrogen-bond donors (Lipinski definition) is 1. The van der Waals surface area contributed by atoms with Gasteiger partial charge in [0.05, 0.1) is 0 Å². The number of H-pyrrole nitrogens is 1. The van der Waals surface area contributed by atoms with E-state index in [9.17, 15) is 4.79 Å². The van der Waals surface area contributed by atoms with Crippen molar-refractivity contribution in [3.05, 3.63) is 35.5 Å². The molecule has 0 spiro atoms. The molecule has 0 unspecified atom stereocenters. The molecule has 2 aromatic rings. The van der Waals surface area contributed by atoms with E-state index < -0.39 is 0 Å². The molecule has 3 nitrogen and oxygen atoms in total. The third-order valence-electron chi connectivity index (χ3n) is 4.03. The van der Waals surface area contributed by atoms with Crippen molar-refractivity contribution in [1.29, 1.82) is 0 Å². The van der Waals surface area contributed by atoms with Gasteiger partial charge in [-0.3, -0.25) is 4.79 Å². The number of carbonyl (C=O) groups excluding carboxylic acids is 1. The summed E-state index contributed by atoms with van der Waals surface area (Å²) >= 11 is 0. The fourth-order valence-electron chi connectivity index (χ4n) is 2.89. The van der Waals surface area contributed by atoms with Crippen molar-refractivity contribution in [3.8, 4) is 0 Å². The zero-order valence-electron chi connectivity index (χ0n) is 10.6. The summed E-state index contributed by atoms with van der Waals surface area (Å²) in [5.41, 5.74) is 3.27. The molecule has 0 saturated carbocycles. The lowest BCUT2D eigenvalue weighted by Crippen LogP contribution is -2.29. The second-order valence-corrected chi connectivity index (χ2v) is 5.24. The first-order valence-electron chi connectivity index (χ1n) is 6.52. The number of aromatic nitrogens is 1. The monoisotopic (exact) mass is 242 g/mol. The van der Waals surface area contributed by atoms with E-state index in [1.165, 1.54) is 23.8 Å². The van der Waals surface area contributed by atoms with Gasteiger partial charge in [0, 0.05) is 22.7 Å². The number of benzene rings is 1. The van der Waals surface area contributed by atoms with Gasteiger partial charge in [0.15, 0.2) is 0 Å². The fraction of sp³-hybridized carbons (Fsp3) is 0.400. The quantitative estimate of drug-likeness (QED) is 0.822. The van der Waals surface area contributed by atoms with Crippen molar-refractivity contribution < 1.29 is 4.79 Å². The highest BCUT2D eigenvalue weighted by Gasteiger charge is 2.20. The standard InChI is InChI=1S/C15H18N2O/c1-17-6-4-12(5-7-17)14-9-16-15-3-2-11(10-18)8-13(14)15/h2-3,8-10,12,16H,4-7H2,1H3. The molecule has 0 atom stereocenters. The van der Waals surface area contributed by atoms with Crippen molar-refractivity contribution in [2.75, 3.05) is 20.1 Å². The van der Waals surface area contributed by atoms with Crippen LogP contribution in [0.4, 0.5) is 0 Å². The van der Waals surface area contributed by atoms with Crippen molar-refractivity contribution in [2.24, 2.45) is 0 Å².